The van der Waals surface area contributed by atoms with E-state index in [-0.39, 0.29) is 5.78 Å². The Bertz CT molecular complexity index is 620. The van der Waals surface area contributed by atoms with Gasteiger partial charge < -0.3 is 4.74 Å². The number of benzene rings is 2. The first kappa shape index (κ1) is 14.8. The van der Waals surface area contributed by atoms with Crippen LogP contribution in [0.2, 0.25) is 0 Å². The third-order valence-electron chi connectivity index (χ3n) is 4.44. The Morgan fingerprint density at radius 3 is 2.05 bits per heavy atom. The molecule has 0 aliphatic heterocycles. The minimum atomic E-state index is 0.160. The number of rotatable bonds is 5. The van der Waals surface area contributed by atoms with E-state index >= 15 is 0 Å². The highest BCUT2D eigenvalue weighted by molar-refractivity contribution is 5.95. The Hall–Kier alpha value is -2.09. The zero-order valence-corrected chi connectivity index (χ0v) is 13.0. The first-order valence-electron chi connectivity index (χ1n) is 8.17. The van der Waals surface area contributed by atoms with Crippen molar-refractivity contribution in [3.05, 3.63) is 59.7 Å². The summed E-state index contributed by atoms with van der Waals surface area (Å²) in [5.74, 6) is 2.50. The van der Waals surface area contributed by atoms with E-state index in [0.29, 0.717) is 6.42 Å². The molecule has 0 atom stereocenters. The predicted molar refractivity (Wildman–Crippen MR) is 88.8 cm³/mol. The molecule has 0 N–H and O–H groups in total. The van der Waals surface area contributed by atoms with Crippen LogP contribution in [0.3, 0.4) is 0 Å². The van der Waals surface area contributed by atoms with Crippen molar-refractivity contribution in [1.82, 2.24) is 0 Å². The van der Waals surface area contributed by atoms with Crippen LogP contribution in [0.5, 0.6) is 11.5 Å². The second-order valence-corrected chi connectivity index (χ2v) is 5.95. The summed E-state index contributed by atoms with van der Waals surface area (Å²) in [6, 6.07) is 15.8. The van der Waals surface area contributed by atoms with E-state index < -0.39 is 0 Å². The van der Waals surface area contributed by atoms with Crippen molar-refractivity contribution in [3.63, 3.8) is 0 Å². The molecule has 0 amide bonds. The number of hydrogen-bond donors (Lipinski definition) is 0. The third kappa shape index (κ3) is 3.38. The normalized spacial score (nSPS) is 15.0. The number of carbonyl (C=O) groups is 1. The Morgan fingerprint density at radius 1 is 0.955 bits per heavy atom. The number of ether oxygens (including phenoxy) is 1. The third-order valence-corrected chi connectivity index (χ3v) is 4.44. The minimum Gasteiger partial charge on any atom is -0.457 e. The lowest BCUT2D eigenvalue weighted by Gasteiger charge is -2.11. The zero-order valence-electron chi connectivity index (χ0n) is 13.0. The highest BCUT2D eigenvalue weighted by Gasteiger charge is 2.16. The lowest BCUT2D eigenvalue weighted by atomic mass is 9.98. The van der Waals surface area contributed by atoms with Crippen molar-refractivity contribution >= 4 is 5.78 Å². The summed E-state index contributed by atoms with van der Waals surface area (Å²) in [5, 5.41) is 0. The Morgan fingerprint density at radius 2 is 1.50 bits per heavy atom. The van der Waals surface area contributed by atoms with Crippen molar-refractivity contribution in [1.29, 1.82) is 0 Å². The summed E-state index contributed by atoms with van der Waals surface area (Å²) in [4.78, 5) is 11.6. The second-order valence-electron chi connectivity index (χ2n) is 5.95. The topological polar surface area (TPSA) is 26.3 Å². The van der Waals surface area contributed by atoms with Crippen LogP contribution in [0.4, 0.5) is 0 Å². The fourth-order valence-electron chi connectivity index (χ4n) is 3.12. The predicted octanol–water partition coefficient (Wildman–Crippen LogP) is 5.73. The zero-order chi connectivity index (χ0) is 15.4. The van der Waals surface area contributed by atoms with E-state index in [1.807, 2.05) is 43.3 Å². The van der Waals surface area contributed by atoms with E-state index in [0.717, 1.165) is 23.0 Å². The summed E-state index contributed by atoms with van der Waals surface area (Å²) in [6.07, 6.45) is 5.86. The molecular weight excluding hydrogens is 272 g/mol. The monoisotopic (exact) mass is 294 g/mol. The van der Waals surface area contributed by atoms with Crippen molar-refractivity contribution in [2.45, 2.75) is 44.9 Å². The molecule has 0 bridgehead atoms. The molecule has 3 rings (SSSR count). The molecule has 0 heterocycles. The number of Topliss-reactive ketones (excluding diaryl/α,β-unsaturated/α-hetero) is 1. The van der Waals surface area contributed by atoms with Crippen molar-refractivity contribution < 1.29 is 9.53 Å². The maximum Gasteiger partial charge on any atom is 0.162 e. The standard InChI is InChI=1S/C20H22O2/c1-2-20(21)17-9-13-19(14-10-17)22-18-11-7-16(8-12-18)15-5-3-4-6-15/h7-15H,2-6H2,1H3. The van der Waals surface area contributed by atoms with E-state index in [1.165, 1.54) is 31.2 Å². The smallest absolute Gasteiger partial charge is 0.162 e. The lowest BCUT2D eigenvalue weighted by molar-refractivity contribution is 0.0988. The summed E-state index contributed by atoms with van der Waals surface area (Å²) < 4.78 is 5.85. The van der Waals surface area contributed by atoms with Crippen LogP contribution in [-0.4, -0.2) is 5.78 Å². The number of ketones is 1. The van der Waals surface area contributed by atoms with Gasteiger partial charge in [-0.1, -0.05) is 31.9 Å². The molecule has 114 valence electrons. The van der Waals surface area contributed by atoms with Crippen LogP contribution in [0.25, 0.3) is 0 Å². The molecule has 1 fully saturated rings. The van der Waals surface area contributed by atoms with Gasteiger partial charge in [-0.2, -0.15) is 0 Å². The molecule has 1 aliphatic rings. The van der Waals surface area contributed by atoms with E-state index in [9.17, 15) is 4.79 Å². The van der Waals surface area contributed by atoms with Crippen molar-refractivity contribution in [2.24, 2.45) is 0 Å². The summed E-state index contributed by atoms with van der Waals surface area (Å²) in [6.45, 7) is 1.87. The maximum absolute atomic E-state index is 11.6. The molecule has 1 saturated carbocycles. The summed E-state index contributed by atoms with van der Waals surface area (Å²) in [7, 11) is 0. The van der Waals surface area contributed by atoms with Gasteiger partial charge in [0.15, 0.2) is 5.78 Å². The molecule has 2 aromatic rings. The van der Waals surface area contributed by atoms with Gasteiger partial charge in [0.1, 0.15) is 11.5 Å². The largest absolute Gasteiger partial charge is 0.457 e. The highest BCUT2D eigenvalue weighted by Crippen LogP contribution is 2.35. The molecule has 0 unspecified atom stereocenters. The van der Waals surface area contributed by atoms with Gasteiger partial charge in [-0.3, -0.25) is 4.79 Å². The van der Waals surface area contributed by atoms with Crippen LogP contribution in [0, 0.1) is 0 Å². The fraction of sp³-hybridized carbons (Fsp3) is 0.350. The SMILES string of the molecule is CCC(=O)c1ccc(Oc2ccc(C3CCCC3)cc2)cc1. The van der Waals surface area contributed by atoms with Gasteiger partial charge in [-0.15, -0.1) is 0 Å². The van der Waals surface area contributed by atoms with Gasteiger partial charge in [-0.05, 0) is 60.7 Å². The minimum absolute atomic E-state index is 0.160. The van der Waals surface area contributed by atoms with E-state index in [4.69, 9.17) is 4.74 Å². The first-order chi connectivity index (χ1) is 10.8. The van der Waals surface area contributed by atoms with Crippen LogP contribution in [-0.2, 0) is 0 Å². The molecule has 2 heteroatoms. The van der Waals surface area contributed by atoms with Crippen LogP contribution in [0.15, 0.2) is 48.5 Å². The average Bonchev–Trinajstić information content (AvgIpc) is 3.10. The molecule has 0 radical (unpaired) electrons. The van der Waals surface area contributed by atoms with Gasteiger partial charge in [0.2, 0.25) is 0 Å². The molecule has 2 aromatic carbocycles. The van der Waals surface area contributed by atoms with Gasteiger partial charge in [0.05, 0.1) is 0 Å². The average molecular weight is 294 g/mol. The van der Waals surface area contributed by atoms with Crippen molar-refractivity contribution in [2.75, 3.05) is 0 Å². The van der Waals surface area contributed by atoms with Gasteiger partial charge in [0, 0.05) is 12.0 Å². The molecule has 0 spiro atoms. The van der Waals surface area contributed by atoms with Crippen LogP contribution >= 0.6 is 0 Å². The maximum atomic E-state index is 11.6. The molecule has 1 aliphatic carbocycles. The molecule has 22 heavy (non-hydrogen) atoms. The van der Waals surface area contributed by atoms with E-state index in [1.54, 1.807) is 0 Å². The van der Waals surface area contributed by atoms with Crippen LogP contribution in [0.1, 0.15) is 60.9 Å². The Kier molecular flexibility index (Phi) is 4.57. The number of carbonyl (C=O) groups excluding carboxylic acids is 1. The van der Waals surface area contributed by atoms with Crippen molar-refractivity contribution in [3.8, 4) is 11.5 Å². The highest BCUT2D eigenvalue weighted by atomic mass is 16.5. The van der Waals surface area contributed by atoms with Gasteiger partial charge in [-0.25, -0.2) is 0 Å². The molecular formula is C20H22O2. The van der Waals surface area contributed by atoms with E-state index in [2.05, 4.69) is 12.1 Å². The van der Waals surface area contributed by atoms with Crippen LogP contribution < -0.4 is 4.74 Å². The first-order valence-corrected chi connectivity index (χ1v) is 8.17. The second kappa shape index (κ2) is 6.78. The van der Waals surface area contributed by atoms with Gasteiger partial charge in [0.25, 0.3) is 0 Å². The number of hydrogen-bond acceptors (Lipinski definition) is 2. The Labute approximate surface area is 132 Å². The lowest BCUT2D eigenvalue weighted by Crippen LogP contribution is -1.96. The summed E-state index contributed by atoms with van der Waals surface area (Å²) in [5.41, 5.74) is 2.17. The van der Waals surface area contributed by atoms with Gasteiger partial charge >= 0.3 is 0 Å². The summed E-state index contributed by atoms with van der Waals surface area (Å²) >= 11 is 0. The quantitative estimate of drug-likeness (QED) is 0.658. The Balaban J connectivity index is 1.66. The fourth-order valence-corrected chi connectivity index (χ4v) is 3.12. The molecule has 2 nitrogen and oxygen atoms in total. The molecule has 0 saturated heterocycles. The molecule has 0 aromatic heterocycles.